The second-order valence-electron chi connectivity index (χ2n) is 3.79. The first kappa shape index (κ1) is 12.6. The fourth-order valence-electron chi connectivity index (χ4n) is 1.10. The van der Waals surface area contributed by atoms with Gasteiger partial charge in [-0.1, -0.05) is 29.3 Å². The van der Waals surface area contributed by atoms with Gasteiger partial charge in [0.25, 0.3) is 0 Å². The highest BCUT2D eigenvalue weighted by Gasteiger charge is 2.08. The summed E-state index contributed by atoms with van der Waals surface area (Å²) in [5.41, 5.74) is 0.814. The lowest BCUT2D eigenvalue weighted by atomic mass is 10.2. The number of likely N-dealkylation sites (N-methyl/N-ethyl adjacent to an activating group) is 1. The molecule has 1 aromatic rings. The Morgan fingerprint density at radius 3 is 2.27 bits per heavy atom. The molecular formula is C11H16Cl2N2. The molecule has 15 heavy (non-hydrogen) atoms. The fraction of sp³-hybridized carbons (Fsp3) is 0.455. The van der Waals surface area contributed by atoms with E-state index in [1.807, 2.05) is 32.3 Å². The molecule has 0 radical (unpaired) electrons. The average molecular weight is 247 g/mol. The van der Waals surface area contributed by atoms with Crippen LogP contribution in [0.15, 0.2) is 18.2 Å². The summed E-state index contributed by atoms with van der Waals surface area (Å²) in [6, 6.07) is 5.93. The number of para-hydroxylation sites is 1. The number of halogens is 2. The van der Waals surface area contributed by atoms with Gasteiger partial charge < -0.3 is 10.2 Å². The number of hydrogen-bond donors (Lipinski definition) is 1. The standard InChI is InChI=1S/C11H16Cl2N2/c1-8(15(2)3)7-14-11-9(12)5-4-6-10(11)13/h4-6,8,14H,7H2,1-3H3. The van der Waals surface area contributed by atoms with Crippen LogP contribution < -0.4 is 5.32 Å². The maximum atomic E-state index is 6.03. The summed E-state index contributed by atoms with van der Waals surface area (Å²) in [6.07, 6.45) is 0. The first-order valence-corrected chi connectivity index (χ1v) is 5.62. The molecule has 1 N–H and O–H groups in total. The molecule has 0 aliphatic rings. The van der Waals surface area contributed by atoms with Crippen LogP contribution in [0, 0.1) is 0 Å². The number of anilines is 1. The molecular weight excluding hydrogens is 231 g/mol. The lowest BCUT2D eigenvalue weighted by molar-refractivity contribution is 0.326. The molecule has 0 saturated carbocycles. The third kappa shape index (κ3) is 3.56. The Balaban J connectivity index is 2.65. The second-order valence-corrected chi connectivity index (χ2v) is 4.60. The number of nitrogens with one attached hydrogen (secondary N) is 1. The van der Waals surface area contributed by atoms with E-state index in [4.69, 9.17) is 23.2 Å². The van der Waals surface area contributed by atoms with Crippen molar-refractivity contribution >= 4 is 28.9 Å². The van der Waals surface area contributed by atoms with Crippen molar-refractivity contribution in [3.05, 3.63) is 28.2 Å². The van der Waals surface area contributed by atoms with Gasteiger partial charge in [-0.15, -0.1) is 0 Å². The Kier molecular flexibility index (Phi) is 4.71. The smallest absolute Gasteiger partial charge is 0.0719 e. The summed E-state index contributed by atoms with van der Waals surface area (Å²) in [5, 5.41) is 4.58. The van der Waals surface area contributed by atoms with E-state index < -0.39 is 0 Å². The predicted molar refractivity (Wildman–Crippen MR) is 68.1 cm³/mol. The number of hydrogen-bond acceptors (Lipinski definition) is 2. The maximum Gasteiger partial charge on any atom is 0.0719 e. The van der Waals surface area contributed by atoms with Gasteiger partial charge in [0.05, 0.1) is 15.7 Å². The van der Waals surface area contributed by atoms with E-state index in [0.29, 0.717) is 16.1 Å². The number of rotatable bonds is 4. The number of nitrogens with zero attached hydrogens (tertiary/aromatic N) is 1. The summed E-state index contributed by atoms with van der Waals surface area (Å²) in [6.45, 7) is 2.95. The molecule has 0 aromatic heterocycles. The highest BCUT2D eigenvalue weighted by atomic mass is 35.5. The molecule has 2 nitrogen and oxygen atoms in total. The van der Waals surface area contributed by atoms with Gasteiger partial charge in [-0.25, -0.2) is 0 Å². The molecule has 1 unspecified atom stereocenters. The van der Waals surface area contributed by atoms with Crippen molar-refractivity contribution in [3.63, 3.8) is 0 Å². The Bertz CT molecular complexity index is 306. The molecule has 0 bridgehead atoms. The van der Waals surface area contributed by atoms with Crippen LogP contribution >= 0.6 is 23.2 Å². The summed E-state index contributed by atoms with van der Waals surface area (Å²) in [7, 11) is 4.08. The van der Waals surface area contributed by atoms with Crippen LogP contribution in [-0.2, 0) is 0 Å². The van der Waals surface area contributed by atoms with Crippen LogP contribution in [0.1, 0.15) is 6.92 Å². The van der Waals surface area contributed by atoms with E-state index in [9.17, 15) is 0 Å². The van der Waals surface area contributed by atoms with Gasteiger partial charge in [-0.3, -0.25) is 0 Å². The largest absolute Gasteiger partial charge is 0.381 e. The van der Waals surface area contributed by atoms with Crippen molar-refractivity contribution in [1.29, 1.82) is 0 Å². The molecule has 0 amide bonds. The van der Waals surface area contributed by atoms with Crippen LogP contribution in [0.4, 0.5) is 5.69 Å². The summed E-state index contributed by atoms with van der Waals surface area (Å²) in [4.78, 5) is 2.14. The van der Waals surface area contributed by atoms with Crippen molar-refractivity contribution in [1.82, 2.24) is 4.90 Å². The fourth-order valence-corrected chi connectivity index (χ4v) is 1.63. The molecule has 1 rings (SSSR count). The second kappa shape index (κ2) is 5.59. The molecule has 0 aliphatic carbocycles. The van der Waals surface area contributed by atoms with Gasteiger partial charge in [0.15, 0.2) is 0 Å². The van der Waals surface area contributed by atoms with Crippen molar-refractivity contribution in [2.45, 2.75) is 13.0 Å². The monoisotopic (exact) mass is 246 g/mol. The van der Waals surface area contributed by atoms with Crippen molar-refractivity contribution < 1.29 is 0 Å². The van der Waals surface area contributed by atoms with Crippen LogP contribution in [0.25, 0.3) is 0 Å². The first-order chi connectivity index (χ1) is 7.02. The Morgan fingerprint density at radius 1 is 1.27 bits per heavy atom. The Hall–Kier alpha value is -0.440. The van der Waals surface area contributed by atoms with Crippen molar-refractivity contribution in [2.75, 3.05) is 26.0 Å². The molecule has 84 valence electrons. The van der Waals surface area contributed by atoms with Crippen molar-refractivity contribution in [3.8, 4) is 0 Å². The third-order valence-corrected chi connectivity index (χ3v) is 3.05. The van der Waals surface area contributed by atoms with E-state index in [0.717, 1.165) is 12.2 Å². The van der Waals surface area contributed by atoms with Gasteiger partial charge in [0, 0.05) is 12.6 Å². The average Bonchev–Trinajstić information content (AvgIpc) is 2.16. The Morgan fingerprint density at radius 2 is 1.80 bits per heavy atom. The summed E-state index contributed by atoms with van der Waals surface area (Å²) in [5.74, 6) is 0. The molecule has 1 aromatic carbocycles. The van der Waals surface area contributed by atoms with E-state index in [1.54, 1.807) is 0 Å². The molecule has 0 spiro atoms. The lowest BCUT2D eigenvalue weighted by Crippen LogP contribution is -2.31. The normalized spacial score (nSPS) is 12.9. The SMILES string of the molecule is CC(CNc1c(Cl)cccc1Cl)N(C)C. The quantitative estimate of drug-likeness (QED) is 0.877. The molecule has 0 heterocycles. The topological polar surface area (TPSA) is 15.3 Å². The van der Waals surface area contributed by atoms with Crippen LogP contribution in [-0.4, -0.2) is 31.6 Å². The van der Waals surface area contributed by atoms with Crippen LogP contribution in [0.5, 0.6) is 0 Å². The minimum Gasteiger partial charge on any atom is -0.381 e. The minimum absolute atomic E-state index is 0.428. The van der Waals surface area contributed by atoms with Crippen LogP contribution in [0.2, 0.25) is 10.0 Å². The maximum absolute atomic E-state index is 6.03. The van der Waals surface area contributed by atoms with Crippen molar-refractivity contribution in [2.24, 2.45) is 0 Å². The van der Waals surface area contributed by atoms with Crippen LogP contribution in [0.3, 0.4) is 0 Å². The molecule has 4 heteroatoms. The van der Waals surface area contributed by atoms with Gasteiger partial charge in [0.2, 0.25) is 0 Å². The summed E-state index contributed by atoms with van der Waals surface area (Å²) < 4.78 is 0. The zero-order chi connectivity index (χ0) is 11.4. The highest BCUT2D eigenvalue weighted by Crippen LogP contribution is 2.29. The van der Waals surface area contributed by atoms with Gasteiger partial charge >= 0.3 is 0 Å². The van der Waals surface area contributed by atoms with Gasteiger partial charge in [-0.05, 0) is 33.2 Å². The predicted octanol–water partition coefficient (Wildman–Crippen LogP) is 3.36. The first-order valence-electron chi connectivity index (χ1n) is 4.86. The molecule has 0 fully saturated rings. The third-order valence-electron chi connectivity index (χ3n) is 2.42. The number of benzene rings is 1. The Labute approximate surface area is 101 Å². The van der Waals surface area contributed by atoms with E-state index in [2.05, 4.69) is 17.1 Å². The lowest BCUT2D eigenvalue weighted by Gasteiger charge is -2.21. The van der Waals surface area contributed by atoms with Gasteiger partial charge in [-0.2, -0.15) is 0 Å². The van der Waals surface area contributed by atoms with Gasteiger partial charge in [0.1, 0.15) is 0 Å². The minimum atomic E-state index is 0.428. The zero-order valence-corrected chi connectivity index (χ0v) is 10.7. The van der Waals surface area contributed by atoms with E-state index in [-0.39, 0.29) is 0 Å². The molecule has 0 aliphatic heterocycles. The van der Waals surface area contributed by atoms with E-state index >= 15 is 0 Å². The highest BCUT2D eigenvalue weighted by molar-refractivity contribution is 6.39. The molecule has 0 saturated heterocycles. The van der Waals surface area contributed by atoms with E-state index in [1.165, 1.54) is 0 Å². The summed E-state index contributed by atoms with van der Waals surface area (Å²) >= 11 is 12.1. The zero-order valence-electron chi connectivity index (χ0n) is 9.22. The molecule has 1 atom stereocenters.